The number of hydrogen-bond donors (Lipinski definition) is 4. The lowest BCUT2D eigenvalue weighted by atomic mass is 10.1. The van der Waals surface area contributed by atoms with Gasteiger partial charge in [0, 0.05) is 25.3 Å². The predicted octanol–water partition coefficient (Wildman–Crippen LogP) is 1.15. The minimum absolute atomic E-state index is 0.0700. The van der Waals surface area contributed by atoms with Crippen molar-refractivity contribution >= 4 is 17.8 Å². The molecule has 0 aromatic carbocycles. The highest BCUT2D eigenvalue weighted by molar-refractivity contribution is 5.74. The second-order valence-corrected chi connectivity index (χ2v) is 5.27. The van der Waals surface area contributed by atoms with Gasteiger partial charge in [-0.2, -0.15) is 0 Å². The molecule has 4 N–H and O–H groups in total. The number of nitrogens with one attached hydrogen (secondary N) is 3. The quantitative estimate of drug-likeness (QED) is 0.566. The number of amides is 2. The van der Waals surface area contributed by atoms with Crippen LogP contribution in [0.4, 0.5) is 10.6 Å². The van der Waals surface area contributed by atoms with E-state index in [1.807, 2.05) is 6.07 Å². The van der Waals surface area contributed by atoms with Crippen LogP contribution in [0.3, 0.4) is 0 Å². The van der Waals surface area contributed by atoms with Gasteiger partial charge in [-0.1, -0.05) is 6.07 Å². The van der Waals surface area contributed by atoms with E-state index in [1.165, 1.54) is 5.56 Å². The highest BCUT2D eigenvalue weighted by Crippen LogP contribution is 2.19. The lowest BCUT2D eigenvalue weighted by Gasteiger charge is -2.17. The molecule has 2 amide bonds. The molecule has 1 aromatic rings. The number of pyridine rings is 1. The third-order valence-electron chi connectivity index (χ3n) is 3.47. The largest absolute Gasteiger partial charge is 0.481 e. The van der Waals surface area contributed by atoms with E-state index in [9.17, 15) is 9.59 Å². The van der Waals surface area contributed by atoms with Crippen LogP contribution >= 0.6 is 0 Å². The summed E-state index contributed by atoms with van der Waals surface area (Å²) >= 11 is 0. The molecule has 0 unspecified atom stereocenters. The van der Waals surface area contributed by atoms with Crippen molar-refractivity contribution in [1.29, 1.82) is 0 Å². The van der Waals surface area contributed by atoms with Gasteiger partial charge in [0.1, 0.15) is 5.82 Å². The van der Waals surface area contributed by atoms with Crippen LogP contribution in [-0.2, 0) is 17.6 Å². The number of anilines is 1. The number of carboxylic acid groups (broad SMARTS) is 1. The van der Waals surface area contributed by atoms with Crippen molar-refractivity contribution < 1.29 is 14.7 Å². The van der Waals surface area contributed by atoms with Gasteiger partial charge in [-0.3, -0.25) is 4.79 Å². The fourth-order valence-electron chi connectivity index (χ4n) is 2.32. The monoisotopic (exact) mass is 306 g/mol. The van der Waals surface area contributed by atoms with E-state index in [0.717, 1.165) is 43.7 Å². The second-order valence-electron chi connectivity index (χ2n) is 5.27. The van der Waals surface area contributed by atoms with Crippen LogP contribution in [0.25, 0.3) is 0 Å². The Labute approximate surface area is 129 Å². The fraction of sp³-hybridized carbons (Fsp3) is 0.533. The molecule has 7 nitrogen and oxygen atoms in total. The number of urea groups is 1. The Morgan fingerprint density at radius 3 is 2.91 bits per heavy atom. The summed E-state index contributed by atoms with van der Waals surface area (Å²) in [7, 11) is 0. The van der Waals surface area contributed by atoms with Gasteiger partial charge >= 0.3 is 12.0 Å². The van der Waals surface area contributed by atoms with E-state index in [2.05, 4.69) is 27.0 Å². The zero-order valence-electron chi connectivity index (χ0n) is 12.5. The van der Waals surface area contributed by atoms with E-state index in [0.29, 0.717) is 6.54 Å². The summed E-state index contributed by atoms with van der Waals surface area (Å²) < 4.78 is 0. The molecule has 7 heteroatoms. The Bertz CT molecular complexity index is 534. The Morgan fingerprint density at radius 1 is 1.27 bits per heavy atom. The zero-order chi connectivity index (χ0) is 15.8. The van der Waals surface area contributed by atoms with Crippen LogP contribution < -0.4 is 16.0 Å². The molecule has 1 aromatic heterocycles. The Hall–Kier alpha value is -2.31. The Balaban J connectivity index is 1.64. The molecule has 2 rings (SSSR count). The minimum Gasteiger partial charge on any atom is -0.481 e. The fourth-order valence-corrected chi connectivity index (χ4v) is 2.32. The van der Waals surface area contributed by atoms with Gasteiger partial charge in [0.2, 0.25) is 0 Å². The third-order valence-corrected chi connectivity index (χ3v) is 3.47. The van der Waals surface area contributed by atoms with E-state index < -0.39 is 5.97 Å². The number of aliphatic carboxylic acids is 1. The van der Waals surface area contributed by atoms with Gasteiger partial charge in [-0.15, -0.1) is 0 Å². The topological polar surface area (TPSA) is 103 Å². The van der Waals surface area contributed by atoms with Crippen LogP contribution in [0.5, 0.6) is 0 Å². The molecule has 0 fully saturated rings. The number of carbonyl (C=O) groups excluding carboxylic acids is 1. The van der Waals surface area contributed by atoms with Gasteiger partial charge in [0.05, 0.1) is 6.42 Å². The third kappa shape index (κ3) is 5.23. The zero-order valence-corrected chi connectivity index (χ0v) is 12.5. The summed E-state index contributed by atoms with van der Waals surface area (Å²) in [5, 5.41) is 17.0. The van der Waals surface area contributed by atoms with Crippen LogP contribution in [0.1, 0.15) is 30.5 Å². The standard InChI is InChI=1S/C15H22N4O3/c20-13(21)7-10-18-15(22)17-9-2-4-12-6-5-11-3-1-8-16-14(11)19-12/h5-6H,1-4,7-10H2,(H,16,19)(H,20,21)(H2,17,18,22). The van der Waals surface area contributed by atoms with Crippen LogP contribution in [0, 0.1) is 0 Å². The summed E-state index contributed by atoms with van der Waals surface area (Å²) in [6.07, 6.45) is 3.74. The molecule has 1 aliphatic heterocycles. The van der Waals surface area contributed by atoms with Crippen LogP contribution in [0.15, 0.2) is 12.1 Å². The molecule has 22 heavy (non-hydrogen) atoms. The number of carboxylic acids is 1. The molecule has 0 aliphatic carbocycles. The second kappa shape index (κ2) is 8.21. The van der Waals surface area contributed by atoms with Crippen molar-refractivity contribution in [2.24, 2.45) is 0 Å². The van der Waals surface area contributed by atoms with Crippen molar-refractivity contribution in [3.63, 3.8) is 0 Å². The van der Waals surface area contributed by atoms with E-state index in [-0.39, 0.29) is 19.0 Å². The number of aromatic nitrogens is 1. The summed E-state index contributed by atoms with van der Waals surface area (Å²) in [5.41, 5.74) is 2.28. The molecule has 0 bridgehead atoms. The number of nitrogens with zero attached hydrogens (tertiary/aromatic N) is 1. The summed E-state index contributed by atoms with van der Waals surface area (Å²) in [6.45, 7) is 1.64. The highest BCUT2D eigenvalue weighted by Gasteiger charge is 2.10. The summed E-state index contributed by atoms with van der Waals surface area (Å²) in [5.74, 6) is 0.0653. The number of rotatable bonds is 7. The number of aryl methyl sites for hydroxylation is 2. The van der Waals surface area contributed by atoms with Crippen molar-refractivity contribution in [1.82, 2.24) is 15.6 Å². The van der Waals surface area contributed by atoms with Gasteiger partial charge in [-0.25, -0.2) is 9.78 Å². The maximum absolute atomic E-state index is 11.4. The van der Waals surface area contributed by atoms with Crippen LogP contribution in [0.2, 0.25) is 0 Å². The highest BCUT2D eigenvalue weighted by atomic mass is 16.4. The van der Waals surface area contributed by atoms with Crippen molar-refractivity contribution in [2.45, 2.75) is 32.1 Å². The maximum Gasteiger partial charge on any atom is 0.314 e. The average molecular weight is 306 g/mol. The SMILES string of the molecule is O=C(O)CCNC(=O)NCCCc1ccc2c(n1)NCCC2. The minimum atomic E-state index is -0.924. The number of fused-ring (bicyclic) bond motifs is 1. The number of carbonyl (C=O) groups is 2. The molecule has 0 radical (unpaired) electrons. The van der Waals surface area contributed by atoms with Gasteiger partial charge in [0.25, 0.3) is 0 Å². The van der Waals surface area contributed by atoms with Crippen molar-refractivity contribution in [3.05, 3.63) is 23.4 Å². The van der Waals surface area contributed by atoms with E-state index >= 15 is 0 Å². The Kier molecular flexibility index (Phi) is 6.00. The molecular formula is C15H22N4O3. The normalized spacial score (nSPS) is 12.9. The van der Waals surface area contributed by atoms with Gasteiger partial charge < -0.3 is 21.1 Å². The molecule has 0 saturated heterocycles. The molecule has 0 atom stereocenters. The molecule has 0 spiro atoms. The first-order chi connectivity index (χ1) is 10.6. The van der Waals surface area contributed by atoms with E-state index in [1.54, 1.807) is 0 Å². The molecule has 1 aliphatic rings. The summed E-state index contributed by atoms with van der Waals surface area (Å²) in [4.78, 5) is 26.3. The first-order valence-electron chi connectivity index (χ1n) is 7.61. The first-order valence-corrected chi connectivity index (χ1v) is 7.61. The lowest BCUT2D eigenvalue weighted by Crippen LogP contribution is -2.37. The van der Waals surface area contributed by atoms with E-state index in [4.69, 9.17) is 5.11 Å². The molecule has 2 heterocycles. The van der Waals surface area contributed by atoms with Crippen molar-refractivity contribution in [2.75, 3.05) is 25.0 Å². The maximum atomic E-state index is 11.4. The number of hydrogen-bond acceptors (Lipinski definition) is 4. The van der Waals surface area contributed by atoms with Crippen LogP contribution in [-0.4, -0.2) is 41.7 Å². The molecule has 120 valence electrons. The molecule has 0 saturated carbocycles. The van der Waals surface area contributed by atoms with Crippen molar-refractivity contribution in [3.8, 4) is 0 Å². The predicted molar refractivity (Wildman–Crippen MR) is 83.0 cm³/mol. The summed E-state index contributed by atoms with van der Waals surface area (Å²) in [6, 6.07) is 3.83. The van der Waals surface area contributed by atoms with Gasteiger partial charge in [-0.05, 0) is 37.3 Å². The smallest absolute Gasteiger partial charge is 0.314 e. The van der Waals surface area contributed by atoms with Gasteiger partial charge in [0.15, 0.2) is 0 Å². The first kappa shape index (κ1) is 16.1. The average Bonchev–Trinajstić information content (AvgIpc) is 2.51. The molecular weight excluding hydrogens is 284 g/mol. The Morgan fingerprint density at radius 2 is 2.09 bits per heavy atom. The lowest BCUT2D eigenvalue weighted by molar-refractivity contribution is -0.136.